The first kappa shape index (κ1) is 16.1. The lowest BCUT2D eigenvalue weighted by molar-refractivity contribution is -0.122. The van der Waals surface area contributed by atoms with Crippen LogP contribution in [0, 0.1) is 11.3 Å². The van der Waals surface area contributed by atoms with Crippen molar-refractivity contribution in [3.63, 3.8) is 0 Å². The molecular weight excluding hydrogens is 322 g/mol. The van der Waals surface area contributed by atoms with E-state index in [1.54, 1.807) is 19.1 Å². The number of carbonyl (C=O) groups is 2. The van der Waals surface area contributed by atoms with Gasteiger partial charge in [0.2, 0.25) is 0 Å². The molecule has 0 saturated carbocycles. The lowest BCUT2D eigenvalue weighted by atomic mass is 10.0. The van der Waals surface area contributed by atoms with Gasteiger partial charge in [0.05, 0.1) is 11.6 Å². The predicted octanol–water partition coefficient (Wildman–Crippen LogP) is 2.92. The Morgan fingerprint density at radius 3 is 2.12 bits per heavy atom. The molecule has 0 bridgehead atoms. The molecule has 0 aliphatic carbocycles. The zero-order valence-corrected chi connectivity index (χ0v) is 13.8. The molecular formula is C18H15N3O2S. The molecule has 6 heteroatoms. The molecule has 1 aliphatic rings. The van der Waals surface area contributed by atoms with Crippen molar-refractivity contribution in [2.24, 2.45) is 0 Å². The standard InChI is InChI=1S/C18H15N3O2S/c1-18(16(22)20-17(23)21-18)11-24-15-8-6-14(7-9-15)13-4-2-12(10-19)3-5-13/h2-9H,11H2,1H3,(H2,20,21,22,23)/t18-/m0/s1. The molecule has 1 fully saturated rings. The van der Waals surface area contributed by atoms with Crippen molar-refractivity contribution < 1.29 is 9.59 Å². The second kappa shape index (κ2) is 6.38. The fourth-order valence-corrected chi connectivity index (χ4v) is 3.38. The first-order valence-electron chi connectivity index (χ1n) is 7.37. The molecule has 2 aromatic rings. The van der Waals surface area contributed by atoms with Gasteiger partial charge in [0, 0.05) is 10.6 Å². The average Bonchev–Trinajstić information content (AvgIpc) is 2.86. The number of hydrogen-bond donors (Lipinski definition) is 2. The van der Waals surface area contributed by atoms with Gasteiger partial charge in [0.1, 0.15) is 5.54 Å². The molecule has 0 aromatic heterocycles. The third-order valence-electron chi connectivity index (χ3n) is 3.85. The quantitative estimate of drug-likeness (QED) is 0.664. The van der Waals surface area contributed by atoms with E-state index in [2.05, 4.69) is 16.7 Å². The number of carbonyl (C=O) groups excluding carboxylic acids is 2. The van der Waals surface area contributed by atoms with Crippen LogP contribution >= 0.6 is 11.8 Å². The van der Waals surface area contributed by atoms with Crippen molar-refractivity contribution in [3.8, 4) is 17.2 Å². The van der Waals surface area contributed by atoms with Gasteiger partial charge in [0.25, 0.3) is 5.91 Å². The number of hydrogen-bond acceptors (Lipinski definition) is 4. The highest BCUT2D eigenvalue weighted by Crippen LogP contribution is 2.27. The Labute approximate surface area is 144 Å². The minimum atomic E-state index is -0.881. The molecule has 3 amide bonds. The normalized spacial score (nSPS) is 19.5. The third kappa shape index (κ3) is 3.26. The van der Waals surface area contributed by atoms with E-state index in [0.717, 1.165) is 16.0 Å². The summed E-state index contributed by atoms with van der Waals surface area (Å²) in [4.78, 5) is 24.1. The lowest BCUT2D eigenvalue weighted by Crippen LogP contribution is -2.46. The van der Waals surface area contributed by atoms with Crippen molar-refractivity contribution in [1.82, 2.24) is 10.6 Å². The largest absolute Gasteiger partial charge is 0.323 e. The highest BCUT2D eigenvalue weighted by atomic mass is 32.2. The highest BCUT2D eigenvalue weighted by molar-refractivity contribution is 7.99. The van der Waals surface area contributed by atoms with Gasteiger partial charge in [-0.25, -0.2) is 4.79 Å². The highest BCUT2D eigenvalue weighted by Gasteiger charge is 2.41. The van der Waals surface area contributed by atoms with E-state index < -0.39 is 11.6 Å². The van der Waals surface area contributed by atoms with E-state index in [1.165, 1.54) is 11.8 Å². The topological polar surface area (TPSA) is 82.0 Å². The van der Waals surface area contributed by atoms with E-state index in [1.807, 2.05) is 36.4 Å². The van der Waals surface area contributed by atoms with Gasteiger partial charge in [0.15, 0.2) is 0 Å². The molecule has 0 radical (unpaired) electrons. The summed E-state index contributed by atoms with van der Waals surface area (Å²) in [6, 6.07) is 17.0. The molecule has 0 spiro atoms. The third-order valence-corrected chi connectivity index (χ3v) is 5.17. The van der Waals surface area contributed by atoms with Gasteiger partial charge in [-0.05, 0) is 42.3 Å². The SMILES string of the molecule is C[C@@]1(CSc2ccc(-c3ccc(C#N)cc3)cc2)NC(=O)NC1=O. The van der Waals surface area contributed by atoms with E-state index in [9.17, 15) is 9.59 Å². The Bertz CT molecular complexity index is 825. The minimum Gasteiger partial charge on any atom is -0.323 e. The maximum absolute atomic E-state index is 11.8. The van der Waals surface area contributed by atoms with Crippen LogP contribution in [0.4, 0.5) is 4.79 Å². The summed E-state index contributed by atoms with van der Waals surface area (Å²) in [6.45, 7) is 1.71. The van der Waals surface area contributed by atoms with Crippen LogP contribution in [0.3, 0.4) is 0 Å². The van der Waals surface area contributed by atoms with Crippen molar-refractivity contribution in [2.75, 3.05) is 5.75 Å². The fraction of sp³-hybridized carbons (Fsp3) is 0.167. The lowest BCUT2D eigenvalue weighted by Gasteiger charge is -2.19. The van der Waals surface area contributed by atoms with Crippen LogP contribution < -0.4 is 10.6 Å². The van der Waals surface area contributed by atoms with Crippen molar-refractivity contribution >= 4 is 23.7 Å². The van der Waals surface area contributed by atoms with Crippen LogP contribution in [0.1, 0.15) is 12.5 Å². The molecule has 2 N–H and O–H groups in total. The molecule has 5 nitrogen and oxygen atoms in total. The minimum absolute atomic E-state index is 0.297. The Kier molecular flexibility index (Phi) is 4.28. The van der Waals surface area contributed by atoms with E-state index in [0.29, 0.717) is 11.3 Å². The maximum atomic E-state index is 11.8. The zero-order valence-electron chi connectivity index (χ0n) is 13.0. The van der Waals surface area contributed by atoms with Gasteiger partial charge in [-0.15, -0.1) is 11.8 Å². The average molecular weight is 337 g/mol. The van der Waals surface area contributed by atoms with Crippen LogP contribution in [0.25, 0.3) is 11.1 Å². The van der Waals surface area contributed by atoms with E-state index in [-0.39, 0.29) is 5.91 Å². The van der Waals surface area contributed by atoms with Gasteiger partial charge < -0.3 is 5.32 Å². The molecule has 1 heterocycles. The van der Waals surface area contributed by atoms with Gasteiger partial charge in [-0.1, -0.05) is 24.3 Å². The molecule has 120 valence electrons. The number of urea groups is 1. The molecule has 2 aromatic carbocycles. The number of imide groups is 1. The van der Waals surface area contributed by atoms with Crippen LogP contribution in [-0.2, 0) is 4.79 Å². The maximum Gasteiger partial charge on any atom is 0.322 e. The van der Waals surface area contributed by atoms with E-state index >= 15 is 0 Å². The summed E-state index contributed by atoms with van der Waals surface area (Å²) >= 11 is 1.51. The summed E-state index contributed by atoms with van der Waals surface area (Å²) in [5, 5.41) is 13.7. The molecule has 1 saturated heterocycles. The van der Waals surface area contributed by atoms with Crippen LogP contribution in [-0.4, -0.2) is 23.2 Å². The summed E-state index contributed by atoms with van der Waals surface area (Å²) in [6.07, 6.45) is 0. The Morgan fingerprint density at radius 1 is 1.04 bits per heavy atom. The van der Waals surface area contributed by atoms with Crippen LogP contribution in [0.15, 0.2) is 53.4 Å². The Hall–Kier alpha value is -2.78. The summed E-state index contributed by atoms with van der Waals surface area (Å²) in [7, 11) is 0. The summed E-state index contributed by atoms with van der Waals surface area (Å²) in [5.41, 5.74) is 1.85. The van der Waals surface area contributed by atoms with Crippen molar-refractivity contribution in [3.05, 3.63) is 54.1 Å². The number of thioether (sulfide) groups is 1. The molecule has 1 aliphatic heterocycles. The summed E-state index contributed by atoms with van der Waals surface area (Å²) in [5.74, 6) is 0.162. The molecule has 3 rings (SSSR count). The van der Waals surface area contributed by atoms with Gasteiger partial charge in [-0.3, -0.25) is 10.1 Å². The molecule has 1 atom stereocenters. The second-order valence-electron chi connectivity index (χ2n) is 5.74. The molecule has 0 unspecified atom stereocenters. The van der Waals surface area contributed by atoms with Crippen molar-refractivity contribution in [2.45, 2.75) is 17.4 Å². The predicted molar refractivity (Wildman–Crippen MR) is 92.4 cm³/mol. The van der Waals surface area contributed by atoms with Gasteiger partial charge >= 0.3 is 6.03 Å². The number of nitrogens with one attached hydrogen (secondary N) is 2. The number of nitrogens with zero attached hydrogens (tertiary/aromatic N) is 1. The Morgan fingerprint density at radius 2 is 1.62 bits per heavy atom. The van der Waals surface area contributed by atoms with Gasteiger partial charge in [-0.2, -0.15) is 5.26 Å². The smallest absolute Gasteiger partial charge is 0.322 e. The van der Waals surface area contributed by atoms with Crippen LogP contribution in [0.5, 0.6) is 0 Å². The number of benzene rings is 2. The second-order valence-corrected chi connectivity index (χ2v) is 6.79. The number of amides is 3. The zero-order chi connectivity index (χ0) is 17.2. The first-order valence-corrected chi connectivity index (χ1v) is 8.36. The number of nitriles is 1. The Balaban J connectivity index is 1.67. The summed E-state index contributed by atoms with van der Waals surface area (Å²) < 4.78 is 0. The van der Waals surface area contributed by atoms with Crippen molar-refractivity contribution in [1.29, 1.82) is 5.26 Å². The van der Waals surface area contributed by atoms with E-state index in [4.69, 9.17) is 5.26 Å². The number of rotatable bonds is 4. The first-order chi connectivity index (χ1) is 11.5. The molecule has 24 heavy (non-hydrogen) atoms. The monoisotopic (exact) mass is 337 g/mol. The van der Waals surface area contributed by atoms with Crippen LogP contribution in [0.2, 0.25) is 0 Å². The fourth-order valence-electron chi connectivity index (χ4n) is 2.39.